The third kappa shape index (κ3) is 4.31. The highest BCUT2D eigenvalue weighted by molar-refractivity contribution is 6.30. The Morgan fingerprint density at radius 3 is 2.70 bits per heavy atom. The number of carbonyl (C=O) groups excluding carboxylic acids is 1. The molecule has 2 aromatic carbocycles. The van der Waals surface area contributed by atoms with Crippen molar-refractivity contribution >= 4 is 34.2 Å². The molecule has 1 fully saturated rings. The van der Waals surface area contributed by atoms with E-state index in [0.717, 1.165) is 55.0 Å². The lowest BCUT2D eigenvalue weighted by atomic mass is 9.96. The molecule has 3 aromatic rings. The summed E-state index contributed by atoms with van der Waals surface area (Å²) in [5.74, 6) is 1.13. The topological polar surface area (TPSA) is 61.0 Å². The Morgan fingerprint density at radius 2 is 1.96 bits per heavy atom. The average molecular weight is 383 g/mol. The molecule has 5 nitrogen and oxygen atoms in total. The quantitative estimate of drug-likeness (QED) is 0.704. The maximum atomic E-state index is 12.5. The fraction of sp³-hybridized carbons (Fsp3) is 0.333. The number of hydrogen-bond donors (Lipinski definition) is 2. The maximum absolute atomic E-state index is 12.5. The van der Waals surface area contributed by atoms with Crippen molar-refractivity contribution in [3.05, 3.63) is 58.9 Å². The number of imidazole rings is 1. The molecule has 1 aliphatic heterocycles. The number of amides is 1. The number of carbonyl (C=O) groups is 1. The van der Waals surface area contributed by atoms with Crippen molar-refractivity contribution in [1.29, 1.82) is 0 Å². The van der Waals surface area contributed by atoms with Crippen LogP contribution in [0, 0.1) is 12.8 Å². The van der Waals surface area contributed by atoms with E-state index in [1.165, 1.54) is 5.56 Å². The standard InChI is InChI=1S/C21H23ClN4O/c1-14-2-7-18-19(12-14)25-20(24-18)13-26-10-8-15(9-11-26)21(27)23-17-5-3-16(22)4-6-17/h2-7,12,15H,8-11,13H2,1H3,(H,23,27)(H,24,25). The predicted octanol–water partition coefficient (Wildman–Crippen LogP) is 4.38. The molecular weight excluding hydrogens is 360 g/mol. The van der Waals surface area contributed by atoms with Crippen molar-refractivity contribution in [2.45, 2.75) is 26.3 Å². The first kappa shape index (κ1) is 18.0. The summed E-state index contributed by atoms with van der Waals surface area (Å²) < 4.78 is 0. The molecule has 0 spiro atoms. The molecule has 0 radical (unpaired) electrons. The van der Waals surface area contributed by atoms with Gasteiger partial charge in [-0.3, -0.25) is 9.69 Å². The van der Waals surface area contributed by atoms with Crippen molar-refractivity contribution in [2.75, 3.05) is 18.4 Å². The first-order valence-corrected chi connectivity index (χ1v) is 9.69. The molecule has 6 heteroatoms. The molecule has 0 atom stereocenters. The number of nitrogens with zero attached hydrogens (tertiary/aromatic N) is 2. The number of fused-ring (bicyclic) bond motifs is 1. The number of anilines is 1. The Hall–Kier alpha value is -2.37. The monoisotopic (exact) mass is 382 g/mol. The summed E-state index contributed by atoms with van der Waals surface area (Å²) in [4.78, 5) is 22.9. The Kier molecular flexibility index (Phi) is 5.14. The number of aryl methyl sites for hydroxylation is 1. The van der Waals surface area contributed by atoms with E-state index < -0.39 is 0 Å². The highest BCUT2D eigenvalue weighted by atomic mass is 35.5. The van der Waals surface area contributed by atoms with Gasteiger partial charge in [-0.15, -0.1) is 0 Å². The number of benzene rings is 2. The smallest absolute Gasteiger partial charge is 0.227 e. The number of aromatic nitrogens is 2. The van der Waals surface area contributed by atoms with Gasteiger partial charge >= 0.3 is 0 Å². The Balaban J connectivity index is 1.31. The largest absolute Gasteiger partial charge is 0.341 e. The second kappa shape index (κ2) is 7.71. The first-order chi connectivity index (χ1) is 13.1. The summed E-state index contributed by atoms with van der Waals surface area (Å²) in [5.41, 5.74) is 4.12. The van der Waals surface area contributed by atoms with Crippen molar-refractivity contribution < 1.29 is 4.79 Å². The van der Waals surface area contributed by atoms with Gasteiger partial charge in [-0.1, -0.05) is 17.7 Å². The molecule has 2 N–H and O–H groups in total. The number of likely N-dealkylation sites (tertiary alicyclic amines) is 1. The molecule has 0 bridgehead atoms. The van der Waals surface area contributed by atoms with Gasteiger partial charge in [0.15, 0.2) is 0 Å². The van der Waals surface area contributed by atoms with Gasteiger partial charge in [0.25, 0.3) is 0 Å². The zero-order valence-electron chi connectivity index (χ0n) is 15.3. The Morgan fingerprint density at radius 1 is 1.22 bits per heavy atom. The van der Waals surface area contributed by atoms with Gasteiger partial charge in [0.1, 0.15) is 5.82 Å². The molecule has 1 saturated heterocycles. The normalized spacial score (nSPS) is 15.9. The highest BCUT2D eigenvalue weighted by Crippen LogP contribution is 2.22. The van der Waals surface area contributed by atoms with Gasteiger partial charge in [0.05, 0.1) is 17.6 Å². The van der Waals surface area contributed by atoms with Crippen LogP contribution in [0.15, 0.2) is 42.5 Å². The number of rotatable bonds is 4. The lowest BCUT2D eigenvalue weighted by molar-refractivity contribution is -0.121. The minimum Gasteiger partial charge on any atom is -0.341 e. The second-order valence-corrected chi connectivity index (χ2v) is 7.69. The van der Waals surface area contributed by atoms with Crippen molar-refractivity contribution in [2.24, 2.45) is 5.92 Å². The minimum absolute atomic E-state index is 0.0512. The average Bonchev–Trinajstić information content (AvgIpc) is 3.05. The lowest BCUT2D eigenvalue weighted by Gasteiger charge is -2.30. The lowest BCUT2D eigenvalue weighted by Crippen LogP contribution is -2.38. The van der Waals surface area contributed by atoms with Crippen LogP contribution in [0.1, 0.15) is 24.2 Å². The van der Waals surface area contributed by atoms with Crippen LogP contribution < -0.4 is 5.32 Å². The van der Waals surface area contributed by atoms with Crippen LogP contribution in [-0.2, 0) is 11.3 Å². The maximum Gasteiger partial charge on any atom is 0.227 e. The molecule has 4 rings (SSSR count). The molecule has 0 unspecified atom stereocenters. The summed E-state index contributed by atoms with van der Waals surface area (Å²) in [6.45, 7) is 4.67. The van der Waals surface area contributed by atoms with Gasteiger partial charge in [-0.05, 0) is 74.8 Å². The van der Waals surface area contributed by atoms with E-state index in [2.05, 4.69) is 45.3 Å². The van der Waals surface area contributed by atoms with E-state index in [4.69, 9.17) is 11.6 Å². The second-order valence-electron chi connectivity index (χ2n) is 7.25. The van der Waals surface area contributed by atoms with Gasteiger partial charge < -0.3 is 10.3 Å². The first-order valence-electron chi connectivity index (χ1n) is 9.31. The molecule has 140 valence electrons. The van der Waals surface area contributed by atoms with Gasteiger partial charge in [0.2, 0.25) is 5.91 Å². The van der Waals surface area contributed by atoms with Crippen LogP contribution in [0.5, 0.6) is 0 Å². The fourth-order valence-electron chi connectivity index (χ4n) is 3.59. The van der Waals surface area contributed by atoms with Crippen LogP contribution >= 0.6 is 11.6 Å². The van der Waals surface area contributed by atoms with E-state index >= 15 is 0 Å². The number of aromatic amines is 1. The highest BCUT2D eigenvalue weighted by Gasteiger charge is 2.25. The van der Waals surface area contributed by atoms with E-state index in [1.54, 1.807) is 12.1 Å². The minimum atomic E-state index is 0.0512. The Bertz CT molecular complexity index is 942. The molecule has 0 aliphatic carbocycles. The summed E-state index contributed by atoms with van der Waals surface area (Å²) in [6, 6.07) is 13.5. The third-order valence-electron chi connectivity index (χ3n) is 5.13. The molecule has 1 amide bonds. The summed E-state index contributed by atoms with van der Waals surface area (Å²) in [6.07, 6.45) is 1.72. The van der Waals surface area contributed by atoms with Crippen molar-refractivity contribution in [1.82, 2.24) is 14.9 Å². The van der Waals surface area contributed by atoms with Gasteiger partial charge in [0, 0.05) is 16.6 Å². The molecule has 1 aromatic heterocycles. The van der Waals surface area contributed by atoms with Gasteiger partial charge in [-0.2, -0.15) is 0 Å². The van der Waals surface area contributed by atoms with E-state index in [-0.39, 0.29) is 11.8 Å². The van der Waals surface area contributed by atoms with E-state index in [9.17, 15) is 4.79 Å². The van der Waals surface area contributed by atoms with Crippen LogP contribution in [0.2, 0.25) is 5.02 Å². The molecule has 2 heterocycles. The molecule has 0 saturated carbocycles. The van der Waals surface area contributed by atoms with Crippen LogP contribution in [-0.4, -0.2) is 33.9 Å². The zero-order valence-corrected chi connectivity index (χ0v) is 16.1. The molecule has 27 heavy (non-hydrogen) atoms. The van der Waals surface area contributed by atoms with E-state index in [1.807, 2.05) is 12.1 Å². The third-order valence-corrected chi connectivity index (χ3v) is 5.38. The summed E-state index contributed by atoms with van der Waals surface area (Å²) in [5, 5.41) is 3.66. The number of piperidine rings is 1. The number of halogens is 1. The number of hydrogen-bond acceptors (Lipinski definition) is 3. The van der Waals surface area contributed by atoms with Gasteiger partial charge in [-0.25, -0.2) is 4.98 Å². The predicted molar refractivity (Wildman–Crippen MR) is 109 cm³/mol. The number of nitrogens with one attached hydrogen (secondary N) is 2. The Labute approximate surface area is 163 Å². The zero-order chi connectivity index (χ0) is 18.8. The van der Waals surface area contributed by atoms with Crippen LogP contribution in [0.4, 0.5) is 5.69 Å². The molecule has 1 aliphatic rings. The summed E-state index contributed by atoms with van der Waals surface area (Å²) >= 11 is 5.89. The molecular formula is C21H23ClN4O. The van der Waals surface area contributed by atoms with Crippen molar-refractivity contribution in [3.63, 3.8) is 0 Å². The summed E-state index contributed by atoms with van der Waals surface area (Å²) in [7, 11) is 0. The van der Waals surface area contributed by atoms with Crippen molar-refractivity contribution in [3.8, 4) is 0 Å². The fourth-order valence-corrected chi connectivity index (χ4v) is 3.72. The van der Waals surface area contributed by atoms with Crippen LogP contribution in [0.25, 0.3) is 11.0 Å². The SMILES string of the molecule is Cc1ccc2nc(CN3CCC(C(=O)Nc4ccc(Cl)cc4)CC3)[nH]c2c1. The van der Waals surface area contributed by atoms with Crippen LogP contribution in [0.3, 0.4) is 0 Å². The van der Waals surface area contributed by atoms with E-state index in [0.29, 0.717) is 5.02 Å². The number of H-pyrrole nitrogens is 1.